The third-order valence-electron chi connectivity index (χ3n) is 4.17. The van der Waals surface area contributed by atoms with Gasteiger partial charge in [0.2, 0.25) is 0 Å². The summed E-state index contributed by atoms with van der Waals surface area (Å²) in [6, 6.07) is 9.03. The van der Waals surface area contributed by atoms with Crippen molar-refractivity contribution in [3.8, 4) is 0 Å². The third kappa shape index (κ3) is 3.32. The maximum Gasteiger partial charge on any atom is -0.00713 e. The highest BCUT2D eigenvalue weighted by atomic mass is 14.5. The van der Waals surface area contributed by atoms with Gasteiger partial charge in [-0.3, -0.25) is 0 Å². The zero-order chi connectivity index (χ0) is 12.1. The second-order valence-corrected chi connectivity index (χ2v) is 5.50. The Labute approximate surface area is 105 Å². The Balaban J connectivity index is 2.15. The molecule has 0 amide bonds. The summed E-state index contributed by atoms with van der Waals surface area (Å²) in [4.78, 5) is 0. The van der Waals surface area contributed by atoms with Crippen molar-refractivity contribution in [2.75, 3.05) is 6.54 Å². The van der Waals surface area contributed by atoms with Crippen LogP contribution in [0.25, 0.3) is 0 Å². The zero-order valence-electron chi connectivity index (χ0n) is 11.0. The van der Waals surface area contributed by atoms with Crippen molar-refractivity contribution >= 4 is 0 Å². The predicted molar refractivity (Wildman–Crippen MR) is 74.2 cm³/mol. The zero-order valence-corrected chi connectivity index (χ0v) is 11.0. The fourth-order valence-electron chi connectivity index (χ4n) is 3.29. The number of rotatable bonds is 4. The van der Waals surface area contributed by atoms with Crippen LogP contribution in [0.5, 0.6) is 0 Å². The third-order valence-corrected chi connectivity index (χ3v) is 4.17. The van der Waals surface area contributed by atoms with Gasteiger partial charge in [-0.2, -0.15) is 0 Å². The quantitative estimate of drug-likeness (QED) is 0.832. The summed E-state index contributed by atoms with van der Waals surface area (Å²) < 4.78 is 0. The van der Waals surface area contributed by atoms with Crippen LogP contribution in [-0.2, 0) is 0 Å². The first-order chi connectivity index (χ1) is 8.31. The monoisotopic (exact) mass is 231 g/mol. The van der Waals surface area contributed by atoms with E-state index in [1.54, 1.807) is 0 Å². The molecule has 1 saturated carbocycles. The summed E-state index contributed by atoms with van der Waals surface area (Å²) in [5.41, 5.74) is 8.70. The standard InChI is InChI=1S/C16H25N/c1-13-6-5-9-15(12-13)16(10-11-17)14-7-3-2-4-8-14/h5-6,9,12,14,16H,2-4,7-8,10-11,17H2,1H3. The van der Waals surface area contributed by atoms with Crippen LogP contribution in [0.15, 0.2) is 24.3 Å². The molecule has 0 heterocycles. The molecule has 1 aromatic rings. The van der Waals surface area contributed by atoms with Crippen LogP contribution in [0.4, 0.5) is 0 Å². The van der Waals surface area contributed by atoms with Gasteiger partial charge in [0.05, 0.1) is 0 Å². The normalized spacial score (nSPS) is 19.2. The van der Waals surface area contributed by atoms with E-state index in [4.69, 9.17) is 5.73 Å². The topological polar surface area (TPSA) is 26.0 Å². The van der Waals surface area contributed by atoms with Crippen LogP contribution >= 0.6 is 0 Å². The van der Waals surface area contributed by atoms with Crippen molar-refractivity contribution < 1.29 is 0 Å². The molecule has 0 aliphatic heterocycles. The first-order valence-corrected chi connectivity index (χ1v) is 7.08. The number of benzene rings is 1. The second kappa shape index (κ2) is 6.20. The molecule has 1 fully saturated rings. The van der Waals surface area contributed by atoms with Gasteiger partial charge in [0, 0.05) is 0 Å². The average Bonchev–Trinajstić information content (AvgIpc) is 2.37. The fraction of sp³-hybridized carbons (Fsp3) is 0.625. The van der Waals surface area contributed by atoms with Gasteiger partial charge in [0.15, 0.2) is 0 Å². The van der Waals surface area contributed by atoms with E-state index in [-0.39, 0.29) is 0 Å². The summed E-state index contributed by atoms with van der Waals surface area (Å²) in [6.45, 7) is 3.00. The Morgan fingerprint density at radius 2 is 2.00 bits per heavy atom. The van der Waals surface area contributed by atoms with Gasteiger partial charge < -0.3 is 5.73 Å². The number of aryl methyl sites for hydroxylation is 1. The number of hydrogen-bond donors (Lipinski definition) is 1. The molecule has 94 valence electrons. The molecule has 1 aliphatic rings. The van der Waals surface area contributed by atoms with Gasteiger partial charge in [-0.25, -0.2) is 0 Å². The average molecular weight is 231 g/mol. The lowest BCUT2D eigenvalue weighted by molar-refractivity contribution is 0.296. The highest BCUT2D eigenvalue weighted by Gasteiger charge is 2.24. The van der Waals surface area contributed by atoms with Crippen molar-refractivity contribution in [2.45, 2.75) is 51.4 Å². The minimum absolute atomic E-state index is 0.695. The maximum atomic E-state index is 5.81. The lowest BCUT2D eigenvalue weighted by Crippen LogP contribution is -2.19. The molecule has 1 aromatic carbocycles. The Kier molecular flexibility index (Phi) is 4.61. The summed E-state index contributed by atoms with van der Waals surface area (Å²) in [7, 11) is 0. The van der Waals surface area contributed by atoms with E-state index in [0.29, 0.717) is 5.92 Å². The van der Waals surface area contributed by atoms with E-state index in [1.165, 1.54) is 43.2 Å². The van der Waals surface area contributed by atoms with Crippen molar-refractivity contribution in [3.63, 3.8) is 0 Å². The summed E-state index contributed by atoms with van der Waals surface area (Å²) in [6.07, 6.45) is 8.21. The van der Waals surface area contributed by atoms with Gasteiger partial charge in [-0.05, 0) is 50.1 Å². The molecule has 1 nitrogen and oxygen atoms in total. The van der Waals surface area contributed by atoms with Gasteiger partial charge in [0.25, 0.3) is 0 Å². The maximum absolute atomic E-state index is 5.81. The second-order valence-electron chi connectivity index (χ2n) is 5.50. The SMILES string of the molecule is Cc1cccc(C(CCN)C2CCCCC2)c1. The molecular weight excluding hydrogens is 206 g/mol. The molecule has 2 rings (SSSR count). The first kappa shape index (κ1) is 12.6. The molecule has 0 aromatic heterocycles. The van der Waals surface area contributed by atoms with Crippen molar-refractivity contribution in [1.29, 1.82) is 0 Å². The Morgan fingerprint density at radius 3 is 2.65 bits per heavy atom. The van der Waals surface area contributed by atoms with Crippen molar-refractivity contribution in [1.82, 2.24) is 0 Å². The van der Waals surface area contributed by atoms with Crippen molar-refractivity contribution in [3.05, 3.63) is 35.4 Å². The number of hydrogen-bond acceptors (Lipinski definition) is 1. The molecule has 17 heavy (non-hydrogen) atoms. The van der Waals surface area contributed by atoms with Gasteiger partial charge in [-0.1, -0.05) is 49.1 Å². The van der Waals surface area contributed by atoms with E-state index in [9.17, 15) is 0 Å². The van der Waals surface area contributed by atoms with Crippen LogP contribution in [0.1, 0.15) is 55.6 Å². The van der Waals surface area contributed by atoms with Crippen LogP contribution in [0.2, 0.25) is 0 Å². The molecule has 0 radical (unpaired) electrons. The highest BCUT2D eigenvalue weighted by Crippen LogP contribution is 2.38. The number of nitrogens with two attached hydrogens (primary N) is 1. The molecule has 1 heteroatoms. The van der Waals surface area contributed by atoms with Crippen LogP contribution in [0.3, 0.4) is 0 Å². The van der Waals surface area contributed by atoms with Crippen LogP contribution < -0.4 is 5.73 Å². The van der Waals surface area contributed by atoms with E-state index in [2.05, 4.69) is 31.2 Å². The predicted octanol–water partition coefficient (Wildman–Crippen LogP) is 4.01. The van der Waals surface area contributed by atoms with E-state index < -0.39 is 0 Å². The van der Waals surface area contributed by atoms with Gasteiger partial charge in [0.1, 0.15) is 0 Å². The molecule has 0 spiro atoms. The largest absolute Gasteiger partial charge is 0.330 e. The van der Waals surface area contributed by atoms with Crippen molar-refractivity contribution in [2.24, 2.45) is 11.7 Å². The fourth-order valence-corrected chi connectivity index (χ4v) is 3.29. The lowest BCUT2D eigenvalue weighted by atomic mass is 9.75. The molecule has 2 N–H and O–H groups in total. The smallest absolute Gasteiger partial charge is 0.00713 e. The molecule has 1 aliphatic carbocycles. The minimum atomic E-state index is 0.695. The van der Waals surface area contributed by atoms with Crippen LogP contribution in [0, 0.1) is 12.8 Å². The molecular formula is C16H25N. The molecule has 1 atom stereocenters. The highest BCUT2D eigenvalue weighted by molar-refractivity contribution is 5.26. The van der Waals surface area contributed by atoms with E-state index in [0.717, 1.165) is 18.9 Å². The summed E-state index contributed by atoms with van der Waals surface area (Å²) in [5.74, 6) is 1.56. The Hall–Kier alpha value is -0.820. The first-order valence-electron chi connectivity index (χ1n) is 7.08. The van der Waals surface area contributed by atoms with E-state index in [1.807, 2.05) is 0 Å². The molecule has 0 saturated heterocycles. The Bertz CT molecular complexity index is 339. The van der Waals surface area contributed by atoms with E-state index >= 15 is 0 Å². The summed E-state index contributed by atoms with van der Waals surface area (Å²) in [5, 5.41) is 0. The van der Waals surface area contributed by atoms with Crippen LogP contribution in [-0.4, -0.2) is 6.54 Å². The van der Waals surface area contributed by atoms with Gasteiger partial charge >= 0.3 is 0 Å². The lowest BCUT2D eigenvalue weighted by Gasteiger charge is -2.30. The molecule has 1 unspecified atom stereocenters. The Morgan fingerprint density at radius 1 is 1.24 bits per heavy atom. The minimum Gasteiger partial charge on any atom is -0.330 e. The van der Waals surface area contributed by atoms with Gasteiger partial charge in [-0.15, -0.1) is 0 Å². The molecule has 0 bridgehead atoms. The summed E-state index contributed by atoms with van der Waals surface area (Å²) >= 11 is 0.